The second-order valence-corrected chi connectivity index (χ2v) is 8.70. The highest BCUT2D eigenvalue weighted by atomic mass is 35.5. The standard InChI is InChI=1S/C24H19ClN4OS/c1-14-12-31-23-20(14)22(26-13-27-23)28-15(2)19-11-16-7-6-10-18(25)21(16)24(30)29(19)17-8-4-3-5-9-17/h3-13,15H,1-2H3,(H,26,27,28)/t15-/m0/s1. The Morgan fingerprint density at radius 2 is 1.87 bits per heavy atom. The molecule has 0 unspecified atom stereocenters. The lowest BCUT2D eigenvalue weighted by molar-refractivity contribution is 0.774. The van der Waals surface area contributed by atoms with Crippen molar-refractivity contribution in [3.05, 3.63) is 92.9 Å². The number of nitrogens with zero attached hydrogens (tertiary/aromatic N) is 3. The lowest BCUT2D eigenvalue weighted by Gasteiger charge is -2.22. The molecular weight excluding hydrogens is 428 g/mol. The van der Waals surface area contributed by atoms with E-state index in [1.54, 1.807) is 28.3 Å². The van der Waals surface area contributed by atoms with Crippen LogP contribution in [0.5, 0.6) is 0 Å². The first-order valence-electron chi connectivity index (χ1n) is 9.89. The van der Waals surface area contributed by atoms with Crippen LogP contribution in [0.4, 0.5) is 5.82 Å². The fraction of sp³-hybridized carbons (Fsp3) is 0.125. The highest BCUT2D eigenvalue weighted by Gasteiger charge is 2.19. The van der Waals surface area contributed by atoms with Crippen molar-refractivity contribution >= 4 is 49.7 Å². The first-order chi connectivity index (χ1) is 15.0. The maximum absolute atomic E-state index is 13.6. The summed E-state index contributed by atoms with van der Waals surface area (Å²) in [6.45, 7) is 4.08. The molecule has 5 nitrogen and oxygen atoms in total. The fourth-order valence-electron chi connectivity index (χ4n) is 3.91. The number of anilines is 1. The minimum atomic E-state index is -0.200. The molecule has 3 heterocycles. The van der Waals surface area contributed by atoms with E-state index in [0.29, 0.717) is 10.4 Å². The Kier molecular flexibility index (Phi) is 4.96. The summed E-state index contributed by atoms with van der Waals surface area (Å²) >= 11 is 8.00. The number of nitrogens with one attached hydrogen (secondary N) is 1. The topological polar surface area (TPSA) is 59.8 Å². The Morgan fingerprint density at radius 3 is 2.68 bits per heavy atom. The Morgan fingerprint density at radius 1 is 1.06 bits per heavy atom. The number of rotatable bonds is 4. The number of hydrogen-bond acceptors (Lipinski definition) is 5. The monoisotopic (exact) mass is 446 g/mol. The molecule has 0 radical (unpaired) electrons. The van der Waals surface area contributed by atoms with Crippen LogP contribution in [-0.2, 0) is 0 Å². The molecule has 0 fully saturated rings. The van der Waals surface area contributed by atoms with E-state index >= 15 is 0 Å². The lowest BCUT2D eigenvalue weighted by atomic mass is 10.1. The van der Waals surface area contributed by atoms with Gasteiger partial charge in [0.2, 0.25) is 0 Å². The third-order valence-electron chi connectivity index (χ3n) is 5.39. The van der Waals surface area contributed by atoms with E-state index in [-0.39, 0.29) is 11.6 Å². The van der Waals surface area contributed by atoms with E-state index in [1.165, 1.54) is 0 Å². The SMILES string of the molecule is Cc1csc2ncnc(N[C@@H](C)c3cc4cccc(Cl)c4c(=O)n3-c3ccccc3)c12. The number of halogens is 1. The zero-order chi connectivity index (χ0) is 21.5. The number of thiophene rings is 1. The molecule has 5 rings (SSSR count). The first kappa shape index (κ1) is 19.7. The summed E-state index contributed by atoms with van der Waals surface area (Å²) in [4.78, 5) is 23.4. The van der Waals surface area contributed by atoms with Gasteiger partial charge >= 0.3 is 0 Å². The highest BCUT2D eigenvalue weighted by molar-refractivity contribution is 7.17. The smallest absolute Gasteiger partial charge is 0.264 e. The van der Waals surface area contributed by atoms with Crippen molar-refractivity contribution in [3.63, 3.8) is 0 Å². The van der Waals surface area contributed by atoms with Gasteiger partial charge in [-0.3, -0.25) is 9.36 Å². The molecular formula is C24H19ClN4OS. The summed E-state index contributed by atoms with van der Waals surface area (Å²) in [5, 5.41) is 8.37. The van der Waals surface area contributed by atoms with E-state index in [0.717, 1.165) is 38.4 Å². The Bertz CT molecular complexity index is 1480. The van der Waals surface area contributed by atoms with E-state index in [2.05, 4.69) is 27.6 Å². The summed E-state index contributed by atoms with van der Waals surface area (Å²) in [6.07, 6.45) is 1.57. The van der Waals surface area contributed by atoms with Crippen LogP contribution in [-0.4, -0.2) is 14.5 Å². The zero-order valence-corrected chi connectivity index (χ0v) is 18.5. The van der Waals surface area contributed by atoms with Gasteiger partial charge in [0.25, 0.3) is 5.56 Å². The number of hydrogen-bond donors (Lipinski definition) is 1. The van der Waals surface area contributed by atoms with E-state index in [1.807, 2.05) is 55.5 Å². The largest absolute Gasteiger partial charge is 0.361 e. The molecule has 0 aliphatic carbocycles. The van der Waals surface area contributed by atoms with Crippen molar-refractivity contribution < 1.29 is 0 Å². The van der Waals surface area contributed by atoms with Crippen LogP contribution in [0, 0.1) is 6.92 Å². The van der Waals surface area contributed by atoms with Gasteiger partial charge in [0.1, 0.15) is 17.0 Å². The Labute approximate surface area is 188 Å². The normalized spacial score (nSPS) is 12.4. The Balaban J connectivity index is 1.71. The van der Waals surface area contributed by atoms with Crippen LogP contribution >= 0.6 is 22.9 Å². The molecule has 0 bridgehead atoms. The van der Waals surface area contributed by atoms with Gasteiger partial charge in [-0.05, 0) is 54.4 Å². The molecule has 0 aliphatic heterocycles. The molecule has 1 atom stereocenters. The molecule has 3 aromatic heterocycles. The van der Waals surface area contributed by atoms with E-state index < -0.39 is 0 Å². The number of fused-ring (bicyclic) bond motifs is 2. The Hall–Kier alpha value is -3.22. The highest BCUT2D eigenvalue weighted by Crippen LogP contribution is 2.32. The summed E-state index contributed by atoms with van der Waals surface area (Å²) in [5.41, 5.74) is 2.60. The van der Waals surface area contributed by atoms with Crippen LogP contribution in [0.3, 0.4) is 0 Å². The van der Waals surface area contributed by atoms with Crippen molar-refractivity contribution in [1.82, 2.24) is 14.5 Å². The van der Waals surface area contributed by atoms with Gasteiger partial charge in [0, 0.05) is 11.4 Å². The van der Waals surface area contributed by atoms with Gasteiger partial charge in [0.05, 0.1) is 21.8 Å². The quantitative estimate of drug-likeness (QED) is 0.360. The number of benzene rings is 2. The lowest BCUT2D eigenvalue weighted by Crippen LogP contribution is -2.25. The molecule has 0 saturated heterocycles. The number of para-hydroxylation sites is 1. The number of aryl methyl sites for hydroxylation is 1. The van der Waals surface area contributed by atoms with Crippen molar-refractivity contribution in [2.75, 3.05) is 5.32 Å². The van der Waals surface area contributed by atoms with Crippen LogP contribution in [0.25, 0.3) is 26.7 Å². The summed E-state index contributed by atoms with van der Waals surface area (Å²) in [5.74, 6) is 0.759. The molecule has 0 spiro atoms. The molecule has 0 aliphatic rings. The molecule has 31 heavy (non-hydrogen) atoms. The van der Waals surface area contributed by atoms with Gasteiger partial charge < -0.3 is 5.32 Å². The van der Waals surface area contributed by atoms with Crippen LogP contribution in [0.15, 0.2) is 71.1 Å². The molecule has 154 valence electrons. The molecule has 0 amide bonds. The number of pyridine rings is 1. The minimum absolute atomic E-state index is 0.141. The van der Waals surface area contributed by atoms with E-state index in [4.69, 9.17) is 11.6 Å². The van der Waals surface area contributed by atoms with Crippen LogP contribution in [0.1, 0.15) is 24.2 Å². The van der Waals surface area contributed by atoms with E-state index in [9.17, 15) is 4.79 Å². The maximum atomic E-state index is 13.6. The zero-order valence-electron chi connectivity index (χ0n) is 17.0. The average molecular weight is 447 g/mol. The van der Waals surface area contributed by atoms with Crippen LogP contribution < -0.4 is 10.9 Å². The van der Waals surface area contributed by atoms with Crippen molar-refractivity contribution in [3.8, 4) is 5.69 Å². The fourth-order valence-corrected chi connectivity index (χ4v) is 5.06. The molecule has 2 aromatic carbocycles. The minimum Gasteiger partial charge on any atom is -0.361 e. The van der Waals surface area contributed by atoms with Gasteiger partial charge in [-0.15, -0.1) is 11.3 Å². The molecule has 5 aromatic rings. The third-order valence-corrected chi connectivity index (χ3v) is 6.71. The van der Waals surface area contributed by atoms with Gasteiger partial charge in [-0.25, -0.2) is 9.97 Å². The van der Waals surface area contributed by atoms with Gasteiger partial charge in [-0.1, -0.05) is 41.9 Å². The van der Waals surface area contributed by atoms with Crippen molar-refractivity contribution in [1.29, 1.82) is 0 Å². The summed E-state index contributed by atoms with van der Waals surface area (Å²) in [7, 11) is 0. The molecule has 1 N–H and O–H groups in total. The molecule has 7 heteroatoms. The van der Waals surface area contributed by atoms with Gasteiger partial charge in [0.15, 0.2) is 0 Å². The van der Waals surface area contributed by atoms with Crippen molar-refractivity contribution in [2.45, 2.75) is 19.9 Å². The van der Waals surface area contributed by atoms with Crippen LogP contribution in [0.2, 0.25) is 5.02 Å². The summed E-state index contributed by atoms with van der Waals surface area (Å²) < 4.78 is 1.73. The third kappa shape index (κ3) is 3.38. The summed E-state index contributed by atoms with van der Waals surface area (Å²) in [6, 6.07) is 17.0. The number of aromatic nitrogens is 3. The second-order valence-electron chi connectivity index (χ2n) is 7.44. The van der Waals surface area contributed by atoms with Crippen molar-refractivity contribution in [2.24, 2.45) is 0 Å². The molecule has 0 saturated carbocycles. The first-order valence-corrected chi connectivity index (χ1v) is 11.2. The van der Waals surface area contributed by atoms with Gasteiger partial charge in [-0.2, -0.15) is 0 Å². The maximum Gasteiger partial charge on any atom is 0.264 e. The predicted molar refractivity (Wildman–Crippen MR) is 129 cm³/mol. The predicted octanol–water partition coefficient (Wildman–Crippen LogP) is 6.13. The average Bonchev–Trinajstić information content (AvgIpc) is 3.16. The second kappa shape index (κ2) is 7.80.